The zero-order valence-corrected chi connectivity index (χ0v) is 40.5. The third kappa shape index (κ3) is 16.7. The monoisotopic (exact) mass is 1040 g/mol. The number of ether oxygens (including phenoxy) is 2. The molecule has 30 heteroatoms. The molecule has 0 saturated heterocycles. The number of carbonyl (C=O) groups is 12. The number of carboxylic acid groups (broad SMARTS) is 4. The number of nitrogens with zero attached hydrogens (tertiary/aromatic N) is 4. The number of amides is 8. The van der Waals surface area contributed by atoms with Gasteiger partial charge >= 0.3 is 36.1 Å². The van der Waals surface area contributed by atoms with Crippen LogP contribution < -0.4 is 22.1 Å². The zero-order chi connectivity index (χ0) is 52.4. The summed E-state index contributed by atoms with van der Waals surface area (Å²) in [5.74, 6) is -11.8. The standard InChI is InChI=1S/C38H54N8O18S4/c1-5-63-32(56)24(15-16-37(65,33(57)44(4)36(61)62)45(67)26(48)13-11-22(40)31(54)55)42-27(49)19-8-7-9-20(18-19)28(50)46(68)38(66,34(58)64-6-2)17-14-23(29(51)43(3)35(59)60)41-25(47)12-10-21(39)30(52)53/h7-9,18,21-24,65-68H,5-6,10-17,39-40H2,1-4H3,(H,41,47)(H,42,49)(H,52,53)(H,54,55)(H,59,60)(H,61,62). The van der Waals surface area contributed by atoms with Gasteiger partial charge in [-0.1, -0.05) is 31.7 Å². The fraction of sp³-hybridized carbons (Fsp3) is 0.526. The van der Waals surface area contributed by atoms with Gasteiger partial charge in [-0.25, -0.2) is 29.0 Å². The molecular weight excluding hydrogens is 985 g/mol. The zero-order valence-electron chi connectivity index (χ0n) is 36.9. The second kappa shape index (κ2) is 27.2. The van der Waals surface area contributed by atoms with Crippen LogP contribution in [0.4, 0.5) is 9.59 Å². The summed E-state index contributed by atoms with van der Waals surface area (Å²) in [5, 5.41) is 41.8. The molecule has 8 amide bonds. The predicted octanol–water partition coefficient (Wildman–Crippen LogP) is -0.174. The number of benzene rings is 1. The number of aliphatic carboxylic acids is 2. The van der Waals surface area contributed by atoms with Gasteiger partial charge in [-0.3, -0.25) is 47.0 Å². The summed E-state index contributed by atoms with van der Waals surface area (Å²) < 4.78 is 11.1. The molecule has 0 aliphatic rings. The Kier molecular flexibility index (Phi) is 24.1. The van der Waals surface area contributed by atoms with Gasteiger partial charge in [-0.2, -0.15) is 0 Å². The molecule has 26 nitrogen and oxygen atoms in total. The van der Waals surface area contributed by atoms with E-state index in [-0.39, 0.29) is 40.6 Å². The van der Waals surface area contributed by atoms with Crippen molar-refractivity contribution in [3.05, 3.63) is 35.4 Å². The molecule has 6 atom stereocenters. The summed E-state index contributed by atoms with van der Waals surface area (Å²) in [6.07, 6.45) is -7.93. The highest BCUT2D eigenvalue weighted by Gasteiger charge is 2.47. The summed E-state index contributed by atoms with van der Waals surface area (Å²) in [6.45, 7) is 2.37. The van der Waals surface area contributed by atoms with Crippen molar-refractivity contribution in [1.29, 1.82) is 0 Å². The summed E-state index contributed by atoms with van der Waals surface area (Å²) in [5.41, 5.74) is 10.3. The fourth-order valence-corrected chi connectivity index (χ4v) is 6.94. The van der Waals surface area contributed by atoms with E-state index in [2.05, 4.69) is 61.5 Å². The van der Waals surface area contributed by atoms with Gasteiger partial charge in [0.1, 0.15) is 24.2 Å². The smallest absolute Gasteiger partial charge is 0.413 e. The van der Waals surface area contributed by atoms with E-state index in [0.717, 1.165) is 20.2 Å². The first-order valence-electron chi connectivity index (χ1n) is 20.0. The minimum absolute atomic E-state index is 0.178. The van der Waals surface area contributed by atoms with Crippen molar-refractivity contribution in [2.24, 2.45) is 11.5 Å². The Morgan fingerprint density at radius 1 is 0.676 bits per heavy atom. The summed E-state index contributed by atoms with van der Waals surface area (Å²) >= 11 is 17.0. The first kappa shape index (κ1) is 60.2. The number of esters is 2. The van der Waals surface area contributed by atoms with Gasteiger partial charge in [-0.15, -0.1) is 25.3 Å². The van der Waals surface area contributed by atoms with Crippen LogP contribution in [0.3, 0.4) is 0 Å². The number of thiol groups is 4. The molecule has 378 valence electrons. The molecule has 0 heterocycles. The largest absolute Gasteiger partial charge is 0.480 e. The van der Waals surface area contributed by atoms with Crippen LogP contribution in [0.15, 0.2) is 24.3 Å². The highest BCUT2D eigenvalue weighted by Crippen LogP contribution is 2.34. The van der Waals surface area contributed by atoms with Crippen LogP contribution in [0.25, 0.3) is 0 Å². The number of carboxylic acids is 2. The lowest BCUT2D eigenvalue weighted by molar-refractivity contribution is -0.149. The van der Waals surface area contributed by atoms with E-state index in [1.165, 1.54) is 32.0 Å². The molecule has 0 bridgehead atoms. The molecule has 68 heavy (non-hydrogen) atoms. The highest BCUT2D eigenvalue weighted by molar-refractivity contribution is 7.85. The van der Waals surface area contributed by atoms with Crippen LogP contribution in [-0.2, 0) is 47.8 Å². The lowest BCUT2D eigenvalue weighted by Crippen LogP contribution is -2.56. The predicted molar refractivity (Wildman–Crippen MR) is 247 cm³/mol. The van der Waals surface area contributed by atoms with E-state index >= 15 is 0 Å². The molecule has 0 spiro atoms. The van der Waals surface area contributed by atoms with Gasteiger partial charge in [0.05, 0.1) is 13.2 Å². The second-order valence-electron chi connectivity index (χ2n) is 14.5. The quantitative estimate of drug-likeness (QED) is 0.0325. The van der Waals surface area contributed by atoms with Crippen molar-refractivity contribution in [2.45, 2.75) is 99.1 Å². The van der Waals surface area contributed by atoms with Crippen molar-refractivity contribution >= 4 is 122 Å². The minimum Gasteiger partial charge on any atom is -0.480 e. The topological polar surface area (TPSA) is 393 Å². The van der Waals surface area contributed by atoms with Crippen molar-refractivity contribution in [3.8, 4) is 0 Å². The van der Waals surface area contributed by atoms with Gasteiger partial charge in [-0.05, 0) is 70.6 Å². The van der Waals surface area contributed by atoms with E-state index in [9.17, 15) is 67.7 Å². The molecule has 10 N–H and O–H groups in total. The van der Waals surface area contributed by atoms with Crippen LogP contribution in [0.2, 0.25) is 0 Å². The lowest BCUT2D eigenvalue weighted by atomic mass is 10.0. The van der Waals surface area contributed by atoms with E-state index in [4.69, 9.17) is 31.2 Å². The van der Waals surface area contributed by atoms with Gasteiger partial charge in [0.15, 0.2) is 9.74 Å². The maximum Gasteiger partial charge on any atom is 0.413 e. The first-order chi connectivity index (χ1) is 31.5. The Balaban J connectivity index is 3.58. The Morgan fingerprint density at radius 2 is 1.18 bits per heavy atom. The van der Waals surface area contributed by atoms with E-state index in [1.54, 1.807) is 0 Å². The van der Waals surface area contributed by atoms with Gasteiger partial charge in [0, 0.05) is 38.1 Å². The minimum atomic E-state index is -2.46. The van der Waals surface area contributed by atoms with E-state index < -0.39 is 150 Å². The van der Waals surface area contributed by atoms with Crippen LogP contribution in [0, 0.1) is 0 Å². The van der Waals surface area contributed by atoms with Gasteiger partial charge in [0.25, 0.3) is 23.6 Å². The lowest BCUT2D eigenvalue weighted by Gasteiger charge is -2.37. The number of likely N-dealkylation sites (N-methyl/N-ethyl adjacent to an activating group) is 2. The summed E-state index contributed by atoms with van der Waals surface area (Å²) in [6, 6.07) is -1.70. The molecule has 6 unspecified atom stereocenters. The molecule has 1 rings (SSSR count). The average molecular weight is 1040 g/mol. The Bertz CT molecular complexity index is 2100. The maximum absolute atomic E-state index is 14.0. The molecule has 0 saturated carbocycles. The summed E-state index contributed by atoms with van der Waals surface area (Å²) in [4.78, 5) is 148. The molecule has 0 aliphatic carbocycles. The average Bonchev–Trinajstić information content (AvgIpc) is 3.29. The number of carbonyl (C=O) groups excluding carboxylic acids is 8. The van der Waals surface area contributed by atoms with Crippen LogP contribution >= 0.6 is 50.9 Å². The molecular formula is C38H54N8O18S4. The SMILES string of the molecule is CCOC(=O)C(CCC(S)(C(=O)N(C)C(=O)O)N(S)C(=O)CCC(N)C(=O)O)NC(=O)c1cccc(C(=O)N(S)C(S)(CCC(NC(=O)CCC(N)C(=O)O)C(=O)N(C)C(=O)O)C(=O)OCC)c1. The third-order valence-corrected chi connectivity index (χ3v) is 12.3. The number of hydrogen-bond donors (Lipinski definition) is 12. The number of nitrogens with one attached hydrogen (secondary N) is 2. The van der Waals surface area contributed by atoms with Crippen molar-refractivity contribution in [3.63, 3.8) is 0 Å². The first-order valence-corrected chi connectivity index (χ1v) is 21.7. The van der Waals surface area contributed by atoms with E-state index in [0.29, 0.717) is 8.61 Å². The maximum atomic E-state index is 14.0. The molecule has 1 aromatic rings. The van der Waals surface area contributed by atoms with Crippen molar-refractivity contribution < 1.29 is 87.4 Å². The Hall–Kier alpha value is -5.82. The normalized spacial score (nSPS) is 14.4. The molecule has 1 aromatic carbocycles. The van der Waals surface area contributed by atoms with Crippen molar-refractivity contribution in [2.75, 3.05) is 27.3 Å². The summed E-state index contributed by atoms with van der Waals surface area (Å²) in [7, 11) is 1.71. The van der Waals surface area contributed by atoms with Crippen LogP contribution in [0.5, 0.6) is 0 Å². The van der Waals surface area contributed by atoms with Crippen LogP contribution in [-0.4, -0.2) is 172 Å². The fourth-order valence-electron chi connectivity index (χ4n) is 5.68. The molecule has 0 aromatic heterocycles. The van der Waals surface area contributed by atoms with E-state index in [1.807, 2.05) is 0 Å². The molecule has 0 radical (unpaired) electrons. The Morgan fingerprint density at radius 3 is 1.69 bits per heavy atom. The van der Waals surface area contributed by atoms with Crippen molar-refractivity contribution in [1.82, 2.24) is 29.0 Å². The number of hydrogen-bond acceptors (Lipinski definition) is 20. The third-order valence-electron chi connectivity index (χ3n) is 9.71. The number of imide groups is 2. The van der Waals surface area contributed by atoms with Gasteiger partial charge in [0.2, 0.25) is 11.8 Å². The second-order valence-corrected chi connectivity index (χ2v) is 16.8. The highest BCUT2D eigenvalue weighted by atomic mass is 32.1. The Labute approximate surface area is 410 Å². The number of nitrogens with two attached hydrogens (primary N) is 2. The molecule has 0 aliphatic heterocycles. The van der Waals surface area contributed by atoms with Crippen LogP contribution in [0.1, 0.15) is 85.9 Å². The number of rotatable bonds is 26. The van der Waals surface area contributed by atoms with Gasteiger partial charge < -0.3 is 52.0 Å². The molecule has 0 fully saturated rings.